The lowest BCUT2D eigenvalue weighted by Crippen LogP contribution is -2.36. The molecule has 1 amide bonds. The van der Waals surface area contributed by atoms with Crippen LogP contribution in [0.4, 0.5) is 5.69 Å². The highest BCUT2D eigenvalue weighted by Crippen LogP contribution is 2.40. The number of rotatable bonds is 4. The standard InChI is InChI=1S/C19H19NO3/c1-3-13-7-9-14(10-8-13)16(21)11-19(23)15-6-4-5-12(2)17(15)20-18(19)22/h4-10,23H,3,11H2,1-2H3,(H,20,22)/t19-/m1/s1. The van der Waals surface area contributed by atoms with Crippen molar-refractivity contribution in [2.75, 3.05) is 5.32 Å². The molecular formula is C19H19NO3. The van der Waals surface area contributed by atoms with Gasteiger partial charge in [-0.1, -0.05) is 49.4 Å². The Kier molecular flexibility index (Phi) is 3.78. The Morgan fingerprint density at radius 2 is 1.87 bits per heavy atom. The normalized spacial score (nSPS) is 19.3. The van der Waals surface area contributed by atoms with E-state index in [1.54, 1.807) is 24.3 Å². The maximum Gasteiger partial charge on any atom is 0.261 e. The molecule has 0 saturated carbocycles. The molecule has 1 atom stereocenters. The molecule has 1 aliphatic rings. The molecule has 0 fully saturated rings. The van der Waals surface area contributed by atoms with Crippen LogP contribution in [-0.4, -0.2) is 16.8 Å². The minimum absolute atomic E-state index is 0.250. The predicted octanol–water partition coefficient (Wildman–Crippen LogP) is 2.97. The number of hydrogen-bond donors (Lipinski definition) is 2. The van der Waals surface area contributed by atoms with Gasteiger partial charge in [-0.05, 0) is 24.5 Å². The van der Waals surface area contributed by atoms with Crippen LogP contribution < -0.4 is 5.32 Å². The van der Waals surface area contributed by atoms with Crippen molar-refractivity contribution < 1.29 is 14.7 Å². The number of hydrogen-bond acceptors (Lipinski definition) is 3. The van der Waals surface area contributed by atoms with Crippen molar-refractivity contribution in [3.8, 4) is 0 Å². The van der Waals surface area contributed by atoms with Crippen LogP contribution in [0, 0.1) is 6.92 Å². The summed E-state index contributed by atoms with van der Waals surface area (Å²) in [5.74, 6) is -0.792. The highest BCUT2D eigenvalue weighted by Gasteiger charge is 2.47. The number of carbonyl (C=O) groups excluding carboxylic acids is 2. The molecule has 2 aromatic rings. The van der Waals surface area contributed by atoms with Gasteiger partial charge in [0.05, 0.1) is 12.1 Å². The zero-order valence-electron chi connectivity index (χ0n) is 13.2. The van der Waals surface area contributed by atoms with Crippen molar-refractivity contribution in [3.63, 3.8) is 0 Å². The molecule has 0 spiro atoms. The molecule has 1 heterocycles. The van der Waals surface area contributed by atoms with Gasteiger partial charge in [0, 0.05) is 11.1 Å². The summed E-state index contributed by atoms with van der Waals surface area (Å²) in [6.07, 6.45) is 0.633. The second-order valence-corrected chi connectivity index (χ2v) is 5.96. The summed E-state index contributed by atoms with van der Waals surface area (Å²) in [7, 11) is 0. The third-order valence-electron chi connectivity index (χ3n) is 4.43. The van der Waals surface area contributed by atoms with Crippen LogP contribution in [0.1, 0.15) is 40.4 Å². The third kappa shape index (κ3) is 2.55. The Labute approximate surface area is 135 Å². The molecule has 0 unspecified atom stereocenters. The molecule has 2 aromatic carbocycles. The van der Waals surface area contributed by atoms with Crippen molar-refractivity contribution in [2.24, 2.45) is 0 Å². The SMILES string of the molecule is CCc1ccc(C(=O)C[C@]2(O)C(=O)Nc3c(C)cccc32)cc1. The smallest absolute Gasteiger partial charge is 0.261 e. The Morgan fingerprint density at radius 3 is 2.52 bits per heavy atom. The second kappa shape index (κ2) is 5.63. The molecule has 0 bridgehead atoms. The van der Waals surface area contributed by atoms with Crippen molar-refractivity contribution in [1.82, 2.24) is 0 Å². The number of carbonyl (C=O) groups is 2. The number of nitrogens with one attached hydrogen (secondary N) is 1. The van der Waals surface area contributed by atoms with E-state index in [1.165, 1.54) is 0 Å². The molecular weight excluding hydrogens is 290 g/mol. The summed E-state index contributed by atoms with van der Waals surface area (Å²) in [4.78, 5) is 24.8. The van der Waals surface area contributed by atoms with Crippen LogP contribution in [0.2, 0.25) is 0 Å². The van der Waals surface area contributed by atoms with Gasteiger partial charge >= 0.3 is 0 Å². The molecule has 118 valence electrons. The largest absolute Gasteiger partial charge is 0.375 e. The summed E-state index contributed by atoms with van der Waals surface area (Å²) in [6.45, 7) is 3.90. The van der Waals surface area contributed by atoms with Crippen LogP contribution >= 0.6 is 0 Å². The quantitative estimate of drug-likeness (QED) is 0.853. The summed E-state index contributed by atoms with van der Waals surface area (Å²) in [5, 5.41) is 13.5. The molecule has 0 saturated heterocycles. The highest BCUT2D eigenvalue weighted by molar-refractivity contribution is 6.09. The average molecular weight is 309 g/mol. The number of anilines is 1. The van der Waals surface area contributed by atoms with Crippen molar-refractivity contribution in [3.05, 3.63) is 64.7 Å². The van der Waals surface area contributed by atoms with Crippen LogP contribution in [0.5, 0.6) is 0 Å². The van der Waals surface area contributed by atoms with Crippen LogP contribution in [-0.2, 0) is 16.8 Å². The summed E-state index contributed by atoms with van der Waals surface area (Å²) in [5.41, 5.74) is 1.79. The zero-order valence-corrected chi connectivity index (χ0v) is 13.2. The van der Waals surface area contributed by atoms with E-state index in [1.807, 2.05) is 32.0 Å². The number of para-hydroxylation sites is 1. The van der Waals surface area contributed by atoms with Gasteiger partial charge in [0.2, 0.25) is 0 Å². The number of aryl methyl sites for hydroxylation is 2. The lowest BCUT2D eigenvalue weighted by molar-refractivity contribution is -0.133. The lowest BCUT2D eigenvalue weighted by Gasteiger charge is -2.20. The number of ketones is 1. The van der Waals surface area contributed by atoms with Crippen molar-refractivity contribution in [2.45, 2.75) is 32.3 Å². The Morgan fingerprint density at radius 1 is 1.17 bits per heavy atom. The number of Topliss-reactive ketones (excluding diaryl/α,β-unsaturated/α-hetero) is 1. The van der Waals surface area contributed by atoms with Gasteiger partial charge in [0.25, 0.3) is 5.91 Å². The van der Waals surface area contributed by atoms with Crippen molar-refractivity contribution in [1.29, 1.82) is 0 Å². The fraction of sp³-hybridized carbons (Fsp3) is 0.263. The van der Waals surface area contributed by atoms with E-state index in [0.717, 1.165) is 17.5 Å². The second-order valence-electron chi connectivity index (χ2n) is 5.96. The molecule has 0 radical (unpaired) electrons. The van der Waals surface area contributed by atoms with Gasteiger partial charge in [-0.2, -0.15) is 0 Å². The fourth-order valence-electron chi connectivity index (χ4n) is 2.95. The number of fused-ring (bicyclic) bond motifs is 1. The van der Waals surface area contributed by atoms with E-state index in [9.17, 15) is 14.7 Å². The first kappa shape index (κ1) is 15.4. The summed E-state index contributed by atoms with van der Waals surface area (Å²) in [6, 6.07) is 12.6. The monoisotopic (exact) mass is 309 g/mol. The van der Waals surface area contributed by atoms with E-state index in [-0.39, 0.29) is 12.2 Å². The molecule has 4 heteroatoms. The van der Waals surface area contributed by atoms with Gasteiger partial charge in [-0.3, -0.25) is 9.59 Å². The van der Waals surface area contributed by atoms with Crippen LogP contribution in [0.3, 0.4) is 0 Å². The zero-order chi connectivity index (χ0) is 16.6. The summed E-state index contributed by atoms with van der Waals surface area (Å²) < 4.78 is 0. The van der Waals surface area contributed by atoms with Gasteiger partial charge in [-0.25, -0.2) is 0 Å². The van der Waals surface area contributed by atoms with Gasteiger partial charge in [0.1, 0.15) is 0 Å². The first-order chi connectivity index (χ1) is 11.0. The minimum Gasteiger partial charge on any atom is -0.375 e. The van der Waals surface area contributed by atoms with E-state index in [2.05, 4.69) is 5.32 Å². The van der Waals surface area contributed by atoms with Gasteiger partial charge in [0.15, 0.2) is 11.4 Å². The fourth-order valence-corrected chi connectivity index (χ4v) is 2.95. The Balaban J connectivity index is 1.91. The van der Waals surface area contributed by atoms with Crippen LogP contribution in [0.15, 0.2) is 42.5 Å². The number of benzene rings is 2. The maximum atomic E-state index is 12.5. The topological polar surface area (TPSA) is 66.4 Å². The summed E-state index contributed by atoms with van der Waals surface area (Å²) >= 11 is 0. The first-order valence-electron chi connectivity index (χ1n) is 7.72. The Hall–Kier alpha value is -2.46. The minimum atomic E-state index is -1.80. The first-order valence-corrected chi connectivity index (χ1v) is 7.72. The molecule has 23 heavy (non-hydrogen) atoms. The molecule has 3 rings (SSSR count). The van der Waals surface area contributed by atoms with E-state index >= 15 is 0 Å². The third-order valence-corrected chi connectivity index (χ3v) is 4.43. The highest BCUT2D eigenvalue weighted by atomic mass is 16.3. The molecule has 2 N–H and O–H groups in total. The molecule has 4 nitrogen and oxygen atoms in total. The molecule has 0 aromatic heterocycles. The van der Waals surface area contributed by atoms with E-state index in [4.69, 9.17) is 0 Å². The van der Waals surface area contributed by atoms with Crippen molar-refractivity contribution >= 4 is 17.4 Å². The molecule has 1 aliphatic heterocycles. The number of aliphatic hydroxyl groups is 1. The van der Waals surface area contributed by atoms with Gasteiger partial charge in [-0.15, -0.1) is 0 Å². The average Bonchev–Trinajstić information content (AvgIpc) is 2.80. The molecule has 0 aliphatic carbocycles. The lowest BCUT2D eigenvalue weighted by atomic mass is 9.87. The van der Waals surface area contributed by atoms with E-state index in [0.29, 0.717) is 16.8 Å². The number of amides is 1. The predicted molar refractivity (Wildman–Crippen MR) is 88.5 cm³/mol. The maximum absolute atomic E-state index is 12.5. The Bertz CT molecular complexity index is 780. The van der Waals surface area contributed by atoms with Crippen LogP contribution in [0.25, 0.3) is 0 Å². The van der Waals surface area contributed by atoms with E-state index < -0.39 is 11.5 Å². The van der Waals surface area contributed by atoms with Gasteiger partial charge < -0.3 is 10.4 Å².